The number of ether oxygens (including phenoxy) is 1. The highest BCUT2D eigenvalue weighted by molar-refractivity contribution is 7.80. The van der Waals surface area contributed by atoms with Gasteiger partial charge in [0.1, 0.15) is 5.75 Å². The van der Waals surface area contributed by atoms with Gasteiger partial charge >= 0.3 is 0 Å². The number of piperidine rings is 1. The average molecular weight is 334 g/mol. The fourth-order valence-corrected chi connectivity index (χ4v) is 2.79. The third-order valence-electron chi connectivity index (χ3n) is 4.09. The van der Waals surface area contributed by atoms with Crippen LogP contribution in [-0.4, -0.2) is 43.0 Å². The molecule has 0 radical (unpaired) electrons. The summed E-state index contributed by atoms with van der Waals surface area (Å²) in [7, 11) is 3.49. The van der Waals surface area contributed by atoms with Crippen molar-refractivity contribution in [3.63, 3.8) is 0 Å². The van der Waals surface area contributed by atoms with E-state index in [-0.39, 0.29) is 0 Å². The van der Waals surface area contributed by atoms with Crippen LogP contribution in [-0.2, 0) is 6.54 Å². The molecule has 6 heteroatoms. The zero-order chi connectivity index (χ0) is 16.7. The Labute approximate surface area is 144 Å². The average Bonchev–Trinajstić information content (AvgIpc) is 2.60. The second kappa shape index (κ2) is 8.84. The van der Waals surface area contributed by atoms with E-state index < -0.39 is 0 Å². The van der Waals surface area contributed by atoms with E-state index in [1.807, 2.05) is 19.1 Å². The Hall–Kier alpha value is -1.66. The molecule has 1 fully saturated rings. The molecule has 0 atom stereocenters. The lowest BCUT2D eigenvalue weighted by atomic mass is 10.0. The number of hydrogen-bond acceptors (Lipinski definition) is 4. The Kier molecular flexibility index (Phi) is 6.80. The van der Waals surface area contributed by atoms with E-state index >= 15 is 0 Å². The summed E-state index contributed by atoms with van der Waals surface area (Å²) in [5.41, 5.74) is 6.00. The van der Waals surface area contributed by atoms with Crippen LogP contribution in [0.25, 0.3) is 0 Å². The predicted octanol–water partition coefficient (Wildman–Crippen LogP) is 2.50. The van der Waals surface area contributed by atoms with E-state index in [4.69, 9.17) is 17.0 Å². The first kappa shape index (κ1) is 17.7. The lowest BCUT2D eigenvalue weighted by molar-refractivity contribution is 0.218. The minimum atomic E-state index is 0.506. The summed E-state index contributed by atoms with van der Waals surface area (Å²) in [5, 5.41) is 7.67. The third-order valence-corrected chi connectivity index (χ3v) is 4.39. The first-order chi connectivity index (χ1) is 11.1. The number of thiocarbonyl (C=S) groups is 1. The third kappa shape index (κ3) is 5.18. The quantitative estimate of drug-likeness (QED) is 0.492. The smallest absolute Gasteiger partial charge is 0.186 e. The molecule has 0 bridgehead atoms. The van der Waals surface area contributed by atoms with E-state index in [9.17, 15) is 0 Å². The predicted molar refractivity (Wildman–Crippen MR) is 99.1 cm³/mol. The minimum Gasteiger partial charge on any atom is -0.496 e. The van der Waals surface area contributed by atoms with Crippen LogP contribution in [0, 0.1) is 0 Å². The summed E-state index contributed by atoms with van der Waals surface area (Å²) in [5.74, 6) is 0.936. The number of nitrogens with one attached hydrogen (secondary N) is 2. The zero-order valence-corrected chi connectivity index (χ0v) is 15.0. The lowest BCUT2D eigenvalue weighted by Crippen LogP contribution is -2.29. The van der Waals surface area contributed by atoms with Crippen LogP contribution < -0.4 is 15.5 Å². The van der Waals surface area contributed by atoms with Crippen molar-refractivity contribution in [3.8, 4) is 5.75 Å². The van der Waals surface area contributed by atoms with Crippen LogP contribution in [0.5, 0.6) is 5.75 Å². The SMILES string of the molecule is CNC(=S)N/N=C(/C)c1ccc(OC)c(CN2CCCCC2)c1. The number of nitrogens with zero attached hydrogens (tertiary/aromatic N) is 2. The molecule has 0 aromatic heterocycles. The maximum absolute atomic E-state index is 5.52. The van der Waals surface area contributed by atoms with Gasteiger partial charge in [-0.05, 0) is 68.8 Å². The van der Waals surface area contributed by atoms with Gasteiger partial charge in [0, 0.05) is 19.2 Å². The monoisotopic (exact) mass is 334 g/mol. The van der Waals surface area contributed by atoms with Crippen LogP contribution in [0.3, 0.4) is 0 Å². The van der Waals surface area contributed by atoms with Crippen molar-refractivity contribution in [2.24, 2.45) is 5.10 Å². The van der Waals surface area contributed by atoms with Gasteiger partial charge < -0.3 is 10.1 Å². The van der Waals surface area contributed by atoms with Crippen molar-refractivity contribution in [1.29, 1.82) is 0 Å². The van der Waals surface area contributed by atoms with E-state index in [0.29, 0.717) is 5.11 Å². The van der Waals surface area contributed by atoms with Gasteiger partial charge in [0.2, 0.25) is 0 Å². The highest BCUT2D eigenvalue weighted by atomic mass is 32.1. The number of benzene rings is 1. The first-order valence-electron chi connectivity index (χ1n) is 8.05. The van der Waals surface area contributed by atoms with E-state index in [0.717, 1.165) is 23.6 Å². The molecule has 0 aliphatic carbocycles. The zero-order valence-electron chi connectivity index (χ0n) is 14.2. The summed E-state index contributed by atoms with van der Waals surface area (Å²) in [6, 6.07) is 6.21. The molecule has 0 spiro atoms. The maximum atomic E-state index is 5.52. The van der Waals surface area contributed by atoms with Crippen molar-refractivity contribution in [2.75, 3.05) is 27.2 Å². The lowest BCUT2D eigenvalue weighted by Gasteiger charge is -2.27. The van der Waals surface area contributed by atoms with Crippen LogP contribution in [0.4, 0.5) is 0 Å². The van der Waals surface area contributed by atoms with Gasteiger partial charge in [0.15, 0.2) is 5.11 Å². The highest BCUT2D eigenvalue weighted by Gasteiger charge is 2.14. The van der Waals surface area contributed by atoms with E-state index in [1.54, 1.807) is 14.2 Å². The number of hydrazone groups is 1. The van der Waals surface area contributed by atoms with Crippen molar-refractivity contribution in [3.05, 3.63) is 29.3 Å². The largest absolute Gasteiger partial charge is 0.496 e. The van der Waals surface area contributed by atoms with Gasteiger partial charge in [-0.2, -0.15) is 5.10 Å². The summed E-state index contributed by atoms with van der Waals surface area (Å²) >= 11 is 5.04. The maximum Gasteiger partial charge on any atom is 0.186 e. The fourth-order valence-electron chi connectivity index (χ4n) is 2.74. The Morgan fingerprint density at radius 2 is 2.04 bits per heavy atom. The van der Waals surface area contributed by atoms with Gasteiger partial charge in [0.25, 0.3) is 0 Å². The topological polar surface area (TPSA) is 48.9 Å². The molecule has 1 aromatic carbocycles. The Morgan fingerprint density at radius 3 is 2.70 bits per heavy atom. The molecule has 0 amide bonds. The van der Waals surface area contributed by atoms with Crippen molar-refractivity contribution < 1.29 is 4.74 Å². The highest BCUT2D eigenvalue weighted by Crippen LogP contribution is 2.23. The number of likely N-dealkylation sites (tertiary alicyclic amines) is 1. The van der Waals surface area contributed by atoms with Crippen LogP contribution >= 0.6 is 12.2 Å². The van der Waals surface area contributed by atoms with Crippen molar-refractivity contribution in [2.45, 2.75) is 32.7 Å². The minimum absolute atomic E-state index is 0.506. The van der Waals surface area contributed by atoms with Gasteiger partial charge in [-0.25, -0.2) is 0 Å². The standard InChI is InChI=1S/C17H26N4OS/c1-13(19-20-17(23)18-2)14-7-8-16(22-3)15(11-14)12-21-9-5-4-6-10-21/h7-8,11H,4-6,9-10,12H2,1-3H3,(H2,18,20,23)/b19-13-. The molecule has 1 aromatic rings. The van der Waals surface area contributed by atoms with Gasteiger partial charge in [0.05, 0.1) is 12.8 Å². The number of methoxy groups -OCH3 is 1. The van der Waals surface area contributed by atoms with Crippen LogP contribution in [0.1, 0.15) is 37.3 Å². The summed E-state index contributed by atoms with van der Waals surface area (Å²) < 4.78 is 5.52. The summed E-state index contributed by atoms with van der Waals surface area (Å²) in [4.78, 5) is 2.49. The summed E-state index contributed by atoms with van der Waals surface area (Å²) in [6.45, 7) is 5.22. The molecule has 2 N–H and O–H groups in total. The molecule has 2 rings (SSSR count). The van der Waals surface area contributed by atoms with E-state index in [2.05, 4.69) is 26.8 Å². The van der Waals surface area contributed by atoms with Crippen LogP contribution in [0.2, 0.25) is 0 Å². The number of hydrogen-bond donors (Lipinski definition) is 2. The van der Waals surface area contributed by atoms with Gasteiger partial charge in [-0.1, -0.05) is 6.42 Å². The van der Waals surface area contributed by atoms with Crippen molar-refractivity contribution >= 4 is 23.0 Å². The molecule has 1 aliphatic heterocycles. The second-order valence-electron chi connectivity index (χ2n) is 5.75. The fraction of sp³-hybridized carbons (Fsp3) is 0.529. The molecule has 1 heterocycles. The second-order valence-corrected chi connectivity index (χ2v) is 6.16. The Bertz CT molecular complexity index is 568. The Balaban J connectivity index is 2.15. The first-order valence-corrected chi connectivity index (χ1v) is 8.46. The normalized spacial score (nSPS) is 16.0. The van der Waals surface area contributed by atoms with E-state index in [1.165, 1.54) is 37.9 Å². The molecule has 1 saturated heterocycles. The Morgan fingerprint density at radius 1 is 1.30 bits per heavy atom. The molecular weight excluding hydrogens is 308 g/mol. The van der Waals surface area contributed by atoms with Gasteiger partial charge in [-0.15, -0.1) is 0 Å². The molecular formula is C17H26N4OS. The molecule has 0 saturated carbocycles. The molecule has 0 unspecified atom stereocenters. The molecule has 23 heavy (non-hydrogen) atoms. The molecule has 5 nitrogen and oxygen atoms in total. The molecule has 1 aliphatic rings. The van der Waals surface area contributed by atoms with Crippen molar-refractivity contribution in [1.82, 2.24) is 15.6 Å². The molecule has 126 valence electrons. The number of rotatable bonds is 5. The van der Waals surface area contributed by atoms with Crippen LogP contribution in [0.15, 0.2) is 23.3 Å². The van der Waals surface area contributed by atoms with Gasteiger partial charge in [-0.3, -0.25) is 10.3 Å². The summed E-state index contributed by atoms with van der Waals surface area (Å²) in [6.07, 6.45) is 3.91.